The Bertz CT molecular complexity index is 3270. The minimum atomic E-state index is -0.0961. The van der Waals surface area contributed by atoms with E-state index in [-0.39, 0.29) is 32.5 Å². The van der Waals surface area contributed by atoms with Gasteiger partial charge in [0.25, 0.3) is 0 Å². The van der Waals surface area contributed by atoms with Crippen molar-refractivity contribution in [2.75, 3.05) is 0 Å². The molecule has 60 heavy (non-hydrogen) atoms. The molecule has 4 heteroatoms. The molecule has 4 nitrogen and oxygen atoms in total. The summed E-state index contributed by atoms with van der Waals surface area (Å²) in [6.45, 7) is 32.9. The SMILES string of the molecule is CC(C)(C)c1cc2c3cc4c(cc3n3c5cc(C#N)c6c(c5c(c1)c23)C(C)(C)CCC6(C)C)c1cc(C(C)(C)C)cc2c3c5c(c(C#N)cc3n4c12)C(C)(C)CCC5(C)C. The van der Waals surface area contributed by atoms with Gasteiger partial charge in [0.05, 0.1) is 56.4 Å². The number of nitrogens with zero attached hydrogens (tertiary/aromatic N) is 4. The van der Waals surface area contributed by atoms with Crippen molar-refractivity contribution < 1.29 is 0 Å². The first kappa shape index (κ1) is 37.7. The second-order valence-corrected chi connectivity index (χ2v) is 23.8. The van der Waals surface area contributed by atoms with Crippen molar-refractivity contribution in [1.82, 2.24) is 8.80 Å². The van der Waals surface area contributed by atoms with Gasteiger partial charge in [-0.2, -0.15) is 10.5 Å². The lowest BCUT2D eigenvalue weighted by atomic mass is 9.61. The van der Waals surface area contributed by atoms with E-state index >= 15 is 0 Å². The molecular formula is C56H58N4. The van der Waals surface area contributed by atoms with Crippen molar-refractivity contribution in [2.24, 2.45) is 0 Å². The Morgan fingerprint density at radius 3 is 1.05 bits per heavy atom. The van der Waals surface area contributed by atoms with Gasteiger partial charge in [-0.25, -0.2) is 0 Å². The molecule has 0 radical (unpaired) electrons. The second kappa shape index (κ2) is 10.9. The molecule has 0 bridgehead atoms. The smallest absolute Gasteiger partial charge is 0.0995 e. The van der Waals surface area contributed by atoms with E-state index in [1.807, 2.05) is 0 Å². The standard InChI is InChI=1S/C56H58N4/c1-51(2,3)31-21-35-33-25-40-34(26-39(33)59-41-19-29(27-57)45-47(43(41)37(23-31)49(35)59)55(11,12)17-15-53(45,7)8)36-22-32(52(4,5)6)24-38-44-42(60(40)50(36)38)20-30(28-58)46-48(44)56(13,14)18-16-54(46,9)10/h19-26H,15-18H2,1-14H3. The van der Waals surface area contributed by atoms with Crippen LogP contribution in [0.5, 0.6) is 0 Å². The van der Waals surface area contributed by atoms with Crippen LogP contribution < -0.4 is 0 Å². The van der Waals surface area contributed by atoms with Crippen molar-refractivity contribution in [3.8, 4) is 12.1 Å². The molecule has 0 atom stereocenters. The van der Waals surface area contributed by atoms with E-state index in [0.717, 1.165) is 47.8 Å². The predicted octanol–water partition coefficient (Wildman–Crippen LogP) is 15.0. The average Bonchev–Trinajstić information content (AvgIpc) is 3.88. The van der Waals surface area contributed by atoms with Gasteiger partial charge >= 0.3 is 0 Å². The predicted molar refractivity (Wildman–Crippen MR) is 253 cm³/mol. The molecule has 9 aromatic rings. The molecule has 0 N–H and O–H groups in total. The van der Waals surface area contributed by atoms with Gasteiger partial charge in [-0.1, -0.05) is 96.9 Å². The highest BCUT2D eigenvalue weighted by molar-refractivity contribution is 6.30. The molecule has 302 valence electrons. The van der Waals surface area contributed by atoms with Crippen LogP contribution in [0.25, 0.3) is 76.2 Å². The first-order valence-corrected chi connectivity index (χ1v) is 22.3. The first-order chi connectivity index (χ1) is 27.9. The molecule has 0 saturated carbocycles. The Balaban J connectivity index is 1.40. The molecule has 4 heterocycles. The number of hydrogen-bond acceptors (Lipinski definition) is 2. The fourth-order valence-electron chi connectivity index (χ4n) is 12.4. The maximum Gasteiger partial charge on any atom is 0.0995 e. The summed E-state index contributed by atoms with van der Waals surface area (Å²) in [5.74, 6) is 0. The Morgan fingerprint density at radius 1 is 0.417 bits per heavy atom. The first-order valence-electron chi connectivity index (χ1n) is 22.3. The molecule has 2 aliphatic rings. The van der Waals surface area contributed by atoms with E-state index in [2.05, 4.69) is 166 Å². The number of aromatic nitrogens is 2. The Kier molecular flexibility index (Phi) is 6.87. The fraction of sp³-hybridized carbons (Fsp3) is 0.429. The average molecular weight is 787 g/mol. The fourth-order valence-corrected chi connectivity index (χ4v) is 12.4. The van der Waals surface area contributed by atoms with E-state index in [1.54, 1.807) is 0 Å². The van der Waals surface area contributed by atoms with Crippen LogP contribution in [0.15, 0.2) is 48.5 Å². The van der Waals surface area contributed by atoms with E-state index < -0.39 is 0 Å². The topological polar surface area (TPSA) is 56.4 Å². The van der Waals surface area contributed by atoms with Crippen molar-refractivity contribution in [2.45, 2.75) is 155 Å². The number of hydrogen-bond donors (Lipinski definition) is 0. The lowest BCUT2D eigenvalue weighted by Gasteiger charge is -2.43. The van der Waals surface area contributed by atoms with E-state index in [1.165, 1.54) is 98.5 Å². The van der Waals surface area contributed by atoms with Crippen LogP contribution in [0.3, 0.4) is 0 Å². The minimum absolute atomic E-state index is 0.0736. The molecule has 0 amide bonds. The summed E-state index contributed by atoms with van der Waals surface area (Å²) in [4.78, 5) is 0. The van der Waals surface area contributed by atoms with Crippen molar-refractivity contribution in [1.29, 1.82) is 10.5 Å². The van der Waals surface area contributed by atoms with Gasteiger partial charge in [0, 0.05) is 43.1 Å². The Labute approximate surface area is 354 Å². The van der Waals surface area contributed by atoms with Gasteiger partial charge in [0.2, 0.25) is 0 Å². The summed E-state index contributed by atoms with van der Waals surface area (Å²) in [5.41, 5.74) is 16.1. The molecule has 4 aromatic heterocycles. The van der Waals surface area contributed by atoms with Gasteiger partial charge in [-0.15, -0.1) is 0 Å². The second-order valence-electron chi connectivity index (χ2n) is 23.8. The molecule has 0 unspecified atom stereocenters. The zero-order chi connectivity index (χ0) is 42.8. The summed E-state index contributed by atoms with van der Waals surface area (Å²) in [5, 5.41) is 32.1. The minimum Gasteiger partial charge on any atom is -0.308 e. The van der Waals surface area contributed by atoms with Crippen molar-refractivity contribution in [3.63, 3.8) is 0 Å². The summed E-state index contributed by atoms with van der Waals surface area (Å²) in [6, 6.07) is 24.7. The van der Waals surface area contributed by atoms with Crippen molar-refractivity contribution >= 4 is 76.2 Å². The Morgan fingerprint density at radius 2 is 0.733 bits per heavy atom. The Hall–Kier alpha value is -5.32. The molecule has 0 aliphatic heterocycles. The lowest BCUT2D eigenvalue weighted by Crippen LogP contribution is -2.35. The zero-order valence-electron chi connectivity index (χ0n) is 38.2. The van der Waals surface area contributed by atoms with Gasteiger partial charge < -0.3 is 8.80 Å². The molecule has 2 aliphatic carbocycles. The van der Waals surface area contributed by atoms with Crippen molar-refractivity contribution in [3.05, 3.63) is 93.0 Å². The maximum atomic E-state index is 10.9. The van der Waals surface area contributed by atoms with Gasteiger partial charge in [0.15, 0.2) is 0 Å². The van der Waals surface area contributed by atoms with E-state index in [4.69, 9.17) is 0 Å². The molecule has 0 spiro atoms. The number of rotatable bonds is 0. The normalized spacial score (nSPS) is 18.7. The van der Waals surface area contributed by atoms with Crippen LogP contribution >= 0.6 is 0 Å². The largest absolute Gasteiger partial charge is 0.308 e. The maximum absolute atomic E-state index is 10.9. The quantitative estimate of drug-likeness (QED) is 0.154. The van der Waals surface area contributed by atoms with E-state index in [0.29, 0.717) is 0 Å². The molecule has 0 fully saturated rings. The van der Waals surface area contributed by atoms with E-state index in [9.17, 15) is 10.5 Å². The van der Waals surface area contributed by atoms with Gasteiger partial charge in [0.1, 0.15) is 0 Å². The summed E-state index contributed by atoms with van der Waals surface area (Å²) in [6.07, 6.45) is 4.28. The molecule has 11 rings (SSSR count). The van der Waals surface area contributed by atoms with Crippen LogP contribution in [-0.4, -0.2) is 8.80 Å². The summed E-state index contributed by atoms with van der Waals surface area (Å²) in [7, 11) is 0. The van der Waals surface area contributed by atoms with Crippen LogP contribution in [0, 0.1) is 22.7 Å². The number of fused-ring (bicyclic) bond motifs is 16. The third-order valence-electron chi connectivity index (χ3n) is 15.9. The number of benzene rings is 5. The highest BCUT2D eigenvalue weighted by Crippen LogP contribution is 2.56. The lowest BCUT2D eigenvalue weighted by molar-refractivity contribution is 0.334. The third kappa shape index (κ3) is 4.51. The van der Waals surface area contributed by atoms with Crippen LogP contribution in [0.2, 0.25) is 0 Å². The molecule has 0 saturated heterocycles. The summed E-state index contributed by atoms with van der Waals surface area (Å²) >= 11 is 0. The van der Waals surface area contributed by atoms with Crippen LogP contribution in [-0.2, 0) is 32.5 Å². The molecule has 5 aromatic carbocycles. The van der Waals surface area contributed by atoms with Crippen LogP contribution in [0.1, 0.15) is 167 Å². The zero-order valence-corrected chi connectivity index (χ0v) is 38.2. The van der Waals surface area contributed by atoms with Gasteiger partial charge in [-0.05, 0) is 140 Å². The van der Waals surface area contributed by atoms with Crippen LogP contribution in [0.4, 0.5) is 0 Å². The summed E-state index contributed by atoms with van der Waals surface area (Å²) < 4.78 is 5.04. The third-order valence-corrected chi connectivity index (χ3v) is 15.9. The highest BCUT2D eigenvalue weighted by atomic mass is 14.9. The number of nitriles is 2. The highest BCUT2D eigenvalue weighted by Gasteiger charge is 2.43. The van der Waals surface area contributed by atoms with Gasteiger partial charge in [-0.3, -0.25) is 0 Å². The molecular weight excluding hydrogens is 729 g/mol. The monoisotopic (exact) mass is 786 g/mol.